The van der Waals surface area contributed by atoms with Crippen LogP contribution in [0, 0.1) is 17.8 Å². The lowest BCUT2D eigenvalue weighted by molar-refractivity contribution is -0.147. The van der Waals surface area contributed by atoms with Crippen molar-refractivity contribution in [1.82, 2.24) is 15.5 Å². The number of likely N-dealkylation sites (tertiary alicyclic amines) is 1. The number of amides is 3. The molecule has 8 heteroatoms. The third-order valence-corrected chi connectivity index (χ3v) is 7.76. The number of ether oxygens (including phenoxy) is 1. The van der Waals surface area contributed by atoms with Gasteiger partial charge in [-0.25, -0.2) is 0 Å². The van der Waals surface area contributed by atoms with Crippen LogP contribution in [0.1, 0.15) is 66.2 Å². The molecule has 0 aromatic heterocycles. The van der Waals surface area contributed by atoms with Crippen LogP contribution in [0.4, 0.5) is 0 Å². The number of aliphatic hydroxyl groups is 1. The maximum atomic E-state index is 13.7. The predicted octanol–water partition coefficient (Wildman–Crippen LogP) is 1.21. The third-order valence-electron chi connectivity index (χ3n) is 7.76. The van der Waals surface area contributed by atoms with Crippen LogP contribution in [0.25, 0.3) is 0 Å². The Bertz CT molecular complexity index is 715. The molecule has 1 spiro atoms. The number of carbonyl (C=O) groups is 3. The van der Waals surface area contributed by atoms with Gasteiger partial charge in [0.2, 0.25) is 17.7 Å². The Morgan fingerprint density at radius 2 is 2.00 bits per heavy atom. The number of fused-ring (bicyclic) bond motifs is 1. The summed E-state index contributed by atoms with van der Waals surface area (Å²) in [4.78, 5) is 41.8. The van der Waals surface area contributed by atoms with Crippen LogP contribution in [-0.2, 0) is 19.1 Å². The Morgan fingerprint density at radius 3 is 2.61 bits per heavy atom. The molecule has 4 unspecified atom stereocenters. The van der Waals surface area contributed by atoms with E-state index in [1.807, 2.05) is 20.8 Å². The molecule has 0 aromatic carbocycles. The SMILES string of the molecule is CCCC(C)NC(=O)C1N(CCCCCO)C(=O)[C@@H]2[C@@H](C(=O)NC)[C@]3(C)OC12CC3C. The van der Waals surface area contributed by atoms with E-state index in [1.165, 1.54) is 0 Å². The third kappa shape index (κ3) is 3.75. The summed E-state index contributed by atoms with van der Waals surface area (Å²) < 4.78 is 6.60. The normalized spacial score (nSPS) is 37.1. The Hall–Kier alpha value is -1.67. The van der Waals surface area contributed by atoms with Gasteiger partial charge in [0.05, 0.1) is 17.4 Å². The smallest absolute Gasteiger partial charge is 0.246 e. The highest BCUT2D eigenvalue weighted by Crippen LogP contribution is 2.65. The van der Waals surface area contributed by atoms with Crippen LogP contribution >= 0.6 is 0 Å². The predicted molar refractivity (Wildman–Crippen MR) is 116 cm³/mol. The van der Waals surface area contributed by atoms with E-state index >= 15 is 0 Å². The Balaban J connectivity index is 1.97. The van der Waals surface area contributed by atoms with Gasteiger partial charge in [-0.1, -0.05) is 20.3 Å². The van der Waals surface area contributed by atoms with E-state index in [0.29, 0.717) is 25.8 Å². The van der Waals surface area contributed by atoms with Crippen molar-refractivity contribution in [2.24, 2.45) is 17.8 Å². The second-order valence-electron chi connectivity index (χ2n) is 9.83. The average molecular weight is 438 g/mol. The highest BCUT2D eigenvalue weighted by Gasteiger charge is 2.79. The van der Waals surface area contributed by atoms with E-state index in [9.17, 15) is 14.4 Å². The first kappa shape index (κ1) is 24.0. The van der Waals surface area contributed by atoms with Crippen molar-refractivity contribution in [3.05, 3.63) is 0 Å². The molecule has 8 nitrogen and oxygen atoms in total. The molecule has 2 bridgehead atoms. The first-order valence-electron chi connectivity index (χ1n) is 11.8. The fourth-order valence-corrected chi connectivity index (χ4v) is 6.23. The van der Waals surface area contributed by atoms with Gasteiger partial charge in [0.1, 0.15) is 11.6 Å². The van der Waals surface area contributed by atoms with Gasteiger partial charge < -0.3 is 25.4 Å². The number of nitrogens with one attached hydrogen (secondary N) is 2. The molecule has 3 fully saturated rings. The number of hydrogen-bond donors (Lipinski definition) is 3. The fraction of sp³-hybridized carbons (Fsp3) is 0.870. The summed E-state index contributed by atoms with van der Waals surface area (Å²) in [7, 11) is 1.58. The summed E-state index contributed by atoms with van der Waals surface area (Å²) >= 11 is 0. The molecule has 3 heterocycles. The monoisotopic (exact) mass is 437 g/mol. The molecule has 3 aliphatic rings. The molecule has 3 saturated heterocycles. The van der Waals surface area contributed by atoms with Crippen LogP contribution in [0.2, 0.25) is 0 Å². The first-order chi connectivity index (χ1) is 14.7. The largest absolute Gasteiger partial charge is 0.396 e. The summed E-state index contributed by atoms with van der Waals surface area (Å²) in [6, 6.07) is -0.738. The highest BCUT2D eigenvalue weighted by atomic mass is 16.5. The summed E-state index contributed by atoms with van der Waals surface area (Å²) in [5.74, 6) is -1.75. The minimum atomic E-state index is -0.977. The lowest BCUT2D eigenvalue weighted by atomic mass is 9.62. The standard InChI is InChI=1S/C23H39N3O5/c1-6-10-15(3)25-20(29)18-23-13-14(2)22(4,31-23)16(19(28)24-5)17(23)21(30)26(18)11-8-7-9-12-27/h14-18,27H,6-13H2,1-5H3,(H,24,28)(H,25,29)/t14?,15?,16-,17-,18?,22+,23?/m0/s1. The van der Waals surface area contributed by atoms with Crippen molar-refractivity contribution < 1.29 is 24.2 Å². The summed E-state index contributed by atoms with van der Waals surface area (Å²) in [5, 5.41) is 14.9. The zero-order valence-electron chi connectivity index (χ0n) is 19.6. The second-order valence-corrected chi connectivity index (χ2v) is 9.83. The van der Waals surface area contributed by atoms with Crippen LogP contribution < -0.4 is 10.6 Å². The quantitative estimate of drug-likeness (QED) is 0.445. The van der Waals surface area contributed by atoms with Crippen molar-refractivity contribution in [3.8, 4) is 0 Å². The molecular weight excluding hydrogens is 398 g/mol. The topological polar surface area (TPSA) is 108 Å². The highest BCUT2D eigenvalue weighted by molar-refractivity contribution is 5.99. The number of rotatable bonds is 10. The molecule has 3 rings (SSSR count). The van der Waals surface area contributed by atoms with Gasteiger partial charge in [0.15, 0.2) is 0 Å². The number of carbonyl (C=O) groups excluding carboxylic acids is 3. The van der Waals surface area contributed by atoms with E-state index in [0.717, 1.165) is 19.3 Å². The number of hydrogen-bond acceptors (Lipinski definition) is 5. The minimum absolute atomic E-state index is 0.000594. The van der Waals surface area contributed by atoms with Gasteiger partial charge in [0, 0.05) is 26.2 Å². The van der Waals surface area contributed by atoms with Crippen LogP contribution in [-0.4, -0.2) is 71.2 Å². The Kier molecular flexibility index (Phi) is 7.01. The maximum Gasteiger partial charge on any atom is 0.246 e. The number of unbranched alkanes of at least 4 members (excludes halogenated alkanes) is 2. The van der Waals surface area contributed by atoms with Crippen LogP contribution in [0.3, 0.4) is 0 Å². The van der Waals surface area contributed by atoms with Gasteiger partial charge in [-0.3, -0.25) is 14.4 Å². The molecule has 3 N–H and O–H groups in total. The van der Waals surface area contributed by atoms with Gasteiger partial charge in [0.25, 0.3) is 0 Å². The number of nitrogens with zero attached hydrogens (tertiary/aromatic N) is 1. The van der Waals surface area contributed by atoms with E-state index < -0.39 is 29.1 Å². The van der Waals surface area contributed by atoms with Crippen molar-refractivity contribution in [3.63, 3.8) is 0 Å². The summed E-state index contributed by atoms with van der Waals surface area (Å²) in [5.41, 5.74) is -1.74. The Labute approximate surface area is 185 Å². The summed E-state index contributed by atoms with van der Waals surface area (Å²) in [6.07, 6.45) is 4.52. The van der Waals surface area contributed by atoms with Crippen molar-refractivity contribution in [2.75, 3.05) is 20.2 Å². The molecule has 31 heavy (non-hydrogen) atoms. The molecule has 0 saturated carbocycles. The van der Waals surface area contributed by atoms with E-state index in [-0.39, 0.29) is 36.3 Å². The lowest BCUT2D eigenvalue weighted by Gasteiger charge is -2.36. The number of aliphatic hydroxyl groups excluding tert-OH is 1. The zero-order valence-corrected chi connectivity index (χ0v) is 19.6. The molecule has 3 aliphatic heterocycles. The fourth-order valence-electron chi connectivity index (χ4n) is 6.23. The molecule has 0 aromatic rings. The maximum absolute atomic E-state index is 13.7. The van der Waals surface area contributed by atoms with E-state index in [1.54, 1.807) is 11.9 Å². The molecule has 0 aliphatic carbocycles. The molecule has 0 radical (unpaired) electrons. The van der Waals surface area contributed by atoms with E-state index in [2.05, 4.69) is 17.6 Å². The van der Waals surface area contributed by atoms with Gasteiger partial charge in [-0.15, -0.1) is 0 Å². The molecular formula is C23H39N3O5. The van der Waals surface area contributed by atoms with Crippen molar-refractivity contribution in [2.45, 2.75) is 89.5 Å². The zero-order chi connectivity index (χ0) is 23.0. The molecule has 3 amide bonds. The molecule has 7 atom stereocenters. The van der Waals surface area contributed by atoms with Gasteiger partial charge in [-0.05, 0) is 51.9 Å². The van der Waals surface area contributed by atoms with Gasteiger partial charge in [-0.2, -0.15) is 0 Å². The van der Waals surface area contributed by atoms with Crippen molar-refractivity contribution in [1.29, 1.82) is 0 Å². The average Bonchev–Trinajstić information content (AvgIpc) is 3.22. The van der Waals surface area contributed by atoms with Crippen LogP contribution in [0.5, 0.6) is 0 Å². The van der Waals surface area contributed by atoms with Crippen molar-refractivity contribution >= 4 is 17.7 Å². The second kappa shape index (κ2) is 9.06. The molecule has 176 valence electrons. The first-order valence-corrected chi connectivity index (χ1v) is 11.8. The lowest BCUT2D eigenvalue weighted by Crippen LogP contribution is -2.57. The Morgan fingerprint density at radius 1 is 1.29 bits per heavy atom. The van der Waals surface area contributed by atoms with E-state index in [4.69, 9.17) is 9.84 Å². The van der Waals surface area contributed by atoms with Crippen LogP contribution in [0.15, 0.2) is 0 Å². The minimum Gasteiger partial charge on any atom is -0.396 e. The van der Waals surface area contributed by atoms with Gasteiger partial charge >= 0.3 is 0 Å². The summed E-state index contributed by atoms with van der Waals surface area (Å²) in [6.45, 7) is 8.54.